The van der Waals surface area contributed by atoms with E-state index in [-0.39, 0.29) is 4.90 Å². The van der Waals surface area contributed by atoms with Crippen LogP contribution < -0.4 is 4.80 Å². The largest absolute Gasteiger partial charge is 0.380 e. The summed E-state index contributed by atoms with van der Waals surface area (Å²) < 4.78 is 36.0. The van der Waals surface area contributed by atoms with Crippen LogP contribution in [0.4, 0.5) is 0 Å². The van der Waals surface area contributed by atoms with E-state index in [0.717, 1.165) is 28.6 Å². The maximum Gasteiger partial charge on any atom is 0.279 e. The summed E-state index contributed by atoms with van der Waals surface area (Å²) in [6.07, 6.45) is 1.47. The molecule has 0 unspecified atom stereocenters. The molecule has 7 nitrogen and oxygen atoms in total. The number of hydrogen-bond acceptors (Lipinski definition) is 5. The zero-order valence-electron chi connectivity index (χ0n) is 20.6. The molecule has 1 heterocycles. The molecular formula is C25H32ClN3O4S2. The van der Waals surface area contributed by atoms with Gasteiger partial charge in [-0.3, -0.25) is 4.79 Å². The number of carbonyl (C=O) groups excluding carboxylic acids is 1. The van der Waals surface area contributed by atoms with Crippen LogP contribution in [0.25, 0.3) is 10.2 Å². The van der Waals surface area contributed by atoms with Gasteiger partial charge in [-0.15, -0.1) is 0 Å². The lowest BCUT2D eigenvalue weighted by atomic mass is 10.2. The van der Waals surface area contributed by atoms with Gasteiger partial charge in [0.25, 0.3) is 5.91 Å². The number of sulfonamides is 1. The van der Waals surface area contributed by atoms with Crippen molar-refractivity contribution in [2.45, 2.75) is 52.0 Å². The normalized spacial score (nSPS) is 12.7. The molecule has 35 heavy (non-hydrogen) atoms. The first-order chi connectivity index (χ1) is 16.7. The number of aryl methyl sites for hydroxylation is 1. The van der Waals surface area contributed by atoms with Gasteiger partial charge in [0.15, 0.2) is 4.80 Å². The van der Waals surface area contributed by atoms with Crippen molar-refractivity contribution >= 4 is 49.1 Å². The highest BCUT2D eigenvalue weighted by atomic mass is 35.5. The summed E-state index contributed by atoms with van der Waals surface area (Å²) in [6, 6.07) is 9.77. The van der Waals surface area contributed by atoms with Gasteiger partial charge in [0.05, 0.1) is 21.7 Å². The zero-order chi connectivity index (χ0) is 25.6. The zero-order valence-corrected chi connectivity index (χ0v) is 23.0. The molecule has 1 aromatic heterocycles. The minimum absolute atomic E-state index is 0.176. The van der Waals surface area contributed by atoms with Gasteiger partial charge in [0.2, 0.25) is 10.0 Å². The number of carbonyl (C=O) groups is 1. The second-order valence-electron chi connectivity index (χ2n) is 8.10. The van der Waals surface area contributed by atoms with Crippen LogP contribution in [0.1, 0.15) is 49.5 Å². The van der Waals surface area contributed by atoms with Crippen molar-refractivity contribution in [3.63, 3.8) is 0 Å². The van der Waals surface area contributed by atoms with Gasteiger partial charge in [0, 0.05) is 36.8 Å². The number of hydrogen-bond donors (Lipinski definition) is 0. The molecule has 0 radical (unpaired) electrons. The Labute approximate surface area is 216 Å². The highest BCUT2D eigenvalue weighted by Crippen LogP contribution is 2.27. The van der Waals surface area contributed by atoms with Gasteiger partial charge in [-0.05, 0) is 68.7 Å². The monoisotopic (exact) mass is 537 g/mol. The van der Waals surface area contributed by atoms with Crippen molar-refractivity contribution in [1.82, 2.24) is 8.87 Å². The average molecular weight is 538 g/mol. The molecule has 0 atom stereocenters. The number of thiazole rings is 1. The quantitative estimate of drug-likeness (QED) is 0.313. The molecule has 0 saturated carbocycles. The number of aromatic nitrogens is 1. The number of rotatable bonds is 11. The van der Waals surface area contributed by atoms with E-state index >= 15 is 0 Å². The van der Waals surface area contributed by atoms with Crippen LogP contribution >= 0.6 is 22.9 Å². The van der Waals surface area contributed by atoms with Crippen LogP contribution in [-0.2, 0) is 21.3 Å². The number of amides is 1. The molecular weight excluding hydrogens is 506 g/mol. The van der Waals surface area contributed by atoms with E-state index in [4.69, 9.17) is 16.3 Å². The minimum atomic E-state index is -3.61. The number of nitrogens with zero attached hydrogens (tertiary/aromatic N) is 3. The second-order valence-corrected chi connectivity index (χ2v) is 11.5. The van der Waals surface area contributed by atoms with Crippen LogP contribution in [0, 0.1) is 6.92 Å². The fourth-order valence-electron chi connectivity index (χ4n) is 3.83. The first kappa shape index (κ1) is 27.5. The summed E-state index contributed by atoms with van der Waals surface area (Å²) in [7, 11) is -3.61. The van der Waals surface area contributed by atoms with Crippen molar-refractivity contribution in [3.05, 3.63) is 57.3 Å². The van der Waals surface area contributed by atoms with Crippen LogP contribution in [0.15, 0.2) is 46.3 Å². The Hall–Kier alpha value is -2.04. The summed E-state index contributed by atoms with van der Waals surface area (Å²) in [6.45, 7) is 10.3. The maximum absolute atomic E-state index is 13.0. The number of benzene rings is 2. The van der Waals surface area contributed by atoms with E-state index in [2.05, 4.69) is 4.99 Å². The average Bonchev–Trinajstić information content (AvgIpc) is 3.19. The van der Waals surface area contributed by atoms with Crippen molar-refractivity contribution in [1.29, 1.82) is 0 Å². The van der Waals surface area contributed by atoms with E-state index in [0.29, 0.717) is 48.2 Å². The Kier molecular flexibility index (Phi) is 9.66. The van der Waals surface area contributed by atoms with Crippen molar-refractivity contribution in [2.24, 2.45) is 4.99 Å². The molecule has 0 fully saturated rings. The lowest BCUT2D eigenvalue weighted by Gasteiger charge is -2.21. The third-order valence-corrected chi connectivity index (χ3v) is 8.94. The molecule has 3 rings (SSSR count). The third kappa shape index (κ3) is 6.21. The number of fused-ring (bicyclic) bond motifs is 1. The summed E-state index contributed by atoms with van der Waals surface area (Å²) >= 11 is 7.76. The summed E-state index contributed by atoms with van der Waals surface area (Å²) in [5.41, 5.74) is 2.18. The number of halogens is 1. The minimum Gasteiger partial charge on any atom is -0.380 e. The highest BCUT2D eigenvalue weighted by molar-refractivity contribution is 7.89. The Balaban J connectivity index is 1.97. The van der Waals surface area contributed by atoms with Gasteiger partial charge in [-0.2, -0.15) is 9.30 Å². The SMILES string of the molecule is CCCN(CCC)S(=O)(=O)c1ccc(C(=O)N=c2sc3ccc(Cl)c(C)c3n2CCOCC)cc1. The van der Waals surface area contributed by atoms with Crippen molar-refractivity contribution in [3.8, 4) is 0 Å². The Morgan fingerprint density at radius 2 is 1.74 bits per heavy atom. The molecule has 190 valence electrons. The Bertz CT molecular complexity index is 1340. The van der Waals surface area contributed by atoms with Crippen LogP contribution in [-0.4, -0.2) is 49.5 Å². The van der Waals surface area contributed by atoms with E-state index in [1.807, 2.05) is 44.4 Å². The smallest absolute Gasteiger partial charge is 0.279 e. The lowest BCUT2D eigenvalue weighted by Crippen LogP contribution is -2.32. The van der Waals surface area contributed by atoms with Gasteiger partial charge in [-0.25, -0.2) is 8.42 Å². The first-order valence-corrected chi connectivity index (χ1v) is 14.4. The van der Waals surface area contributed by atoms with E-state index in [1.54, 1.807) is 0 Å². The van der Waals surface area contributed by atoms with Gasteiger partial charge in [-0.1, -0.05) is 36.8 Å². The predicted octanol–water partition coefficient (Wildman–Crippen LogP) is 5.25. The predicted molar refractivity (Wildman–Crippen MR) is 142 cm³/mol. The summed E-state index contributed by atoms with van der Waals surface area (Å²) in [4.78, 5) is 18.1. The van der Waals surface area contributed by atoms with Crippen molar-refractivity contribution in [2.75, 3.05) is 26.3 Å². The molecule has 3 aromatic rings. The molecule has 0 spiro atoms. The number of ether oxygens (including phenoxy) is 1. The summed E-state index contributed by atoms with van der Waals surface area (Å²) in [5.74, 6) is -0.437. The summed E-state index contributed by atoms with van der Waals surface area (Å²) in [5, 5.41) is 0.648. The van der Waals surface area contributed by atoms with Crippen molar-refractivity contribution < 1.29 is 17.9 Å². The molecule has 1 amide bonds. The standard InChI is InChI=1S/C25H32ClN3O4S2/c1-5-14-28(15-6-2)35(31,32)20-10-8-19(9-11-20)24(30)27-25-29(16-17-33-7-3)23-18(4)21(26)12-13-22(23)34-25/h8-13H,5-7,14-17H2,1-4H3. The maximum atomic E-state index is 13.0. The Morgan fingerprint density at radius 1 is 1.09 bits per heavy atom. The molecule has 0 aliphatic rings. The molecule has 0 saturated heterocycles. The van der Waals surface area contributed by atoms with Gasteiger partial charge >= 0.3 is 0 Å². The lowest BCUT2D eigenvalue weighted by molar-refractivity contribution is 0.0996. The molecule has 10 heteroatoms. The van der Waals surface area contributed by atoms with Gasteiger partial charge in [0.1, 0.15) is 0 Å². The molecule has 0 bridgehead atoms. The fourth-order valence-corrected chi connectivity index (χ4v) is 6.72. The molecule has 2 aromatic carbocycles. The molecule has 0 aliphatic carbocycles. The van der Waals surface area contributed by atoms with Crippen LogP contribution in [0.5, 0.6) is 0 Å². The molecule has 0 N–H and O–H groups in total. The Morgan fingerprint density at radius 3 is 2.34 bits per heavy atom. The fraction of sp³-hybridized carbons (Fsp3) is 0.440. The second kappa shape index (κ2) is 12.3. The van der Waals surface area contributed by atoms with Crippen LogP contribution in [0.2, 0.25) is 5.02 Å². The van der Waals surface area contributed by atoms with Crippen LogP contribution in [0.3, 0.4) is 0 Å². The third-order valence-electron chi connectivity index (χ3n) is 5.58. The van der Waals surface area contributed by atoms with E-state index in [1.165, 1.54) is 39.9 Å². The highest BCUT2D eigenvalue weighted by Gasteiger charge is 2.23. The van der Waals surface area contributed by atoms with E-state index < -0.39 is 15.9 Å². The van der Waals surface area contributed by atoms with Gasteiger partial charge < -0.3 is 9.30 Å². The first-order valence-electron chi connectivity index (χ1n) is 11.8. The van der Waals surface area contributed by atoms with E-state index in [9.17, 15) is 13.2 Å². The topological polar surface area (TPSA) is 81.0 Å². The molecule has 0 aliphatic heterocycles.